The van der Waals surface area contributed by atoms with Crippen molar-refractivity contribution in [3.63, 3.8) is 0 Å². The molecule has 1 aromatic carbocycles. The number of hydrogen-bond acceptors (Lipinski definition) is 2. The lowest BCUT2D eigenvalue weighted by molar-refractivity contribution is -0.385. The van der Waals surface area contributed by atoms with Crippen LogP contribution in [-0.2, 0) is 0 Å². The van der Waals surface area contributed by atoms with E-state index in [0.29, 0.717) is 5.56 Å². The van der Waals surface area contributed by atoms with Crippen LogP contribution < -0.4 is 0 Å². The van der Waals surface area contributed by atoms with Crippen molar-refractivity contribution in [1.29, 1.82) is 0 Å². The topological polar surface area (TPSA) is 43.1 Å². The standard InChI is InChI=1S/C11H13BrFNO2/c1-3-9(7(2)12)10-5-4-8(13)6-11(10)14(15)16/h4-7,9H,3H2,1-2H3. The molecule has 2 atom stereocenters. The van der Waals surface area contributed by atoms with E-state index in [0.717, 1.165) is 12.5 Å². The minimum Gasteiger partial charge on any atom is -0.258 e. The number of alkyl halides is 1. The van der Waals surface area contributed by atoms with Crippen molar-refractivity contribution >= 4 is 21.6 Å². The molecule has 3 nitrogen and oxygen atoms in total. The predicted octanol–water partition coefficient (Wildman–Crippen LogP) is 4.01. The molecule has 0 aromatic heterocycles. The van der Waals surface area contributed by atoms with Crippen LogP contribution in [0.2, 0.25) is 0 Å². The molecule has 88 valence electrons. The Morgan fingerprint density at radius 3 is 2.62 bits per heavy atom. The van der Waals surface area contributed by atoms with Gasteiger partial charge in [0.1, 0.15) is 5.82 Å². The molecule has 0 fully saturated rings. The van der Waals surface area contributed by atoms with Crippen molar-refractivity contribution < 1.29 is 9.31 Å². The highest BCUT2D eigenvalue weighted by molar-refractivity contribution is 9.09. The molecule has 1 aromatic rings. The third-order valence-electron chi connectivity index (χ3n) is 2.58. The summed E-state index contributed by atoms with van der Waals surface area (Å²) in [6.07, 6.45) is 0.763. The predicted molar refractivity (Wildman–Crippen MR) is 64.5 cm³/mol. The molecule has 5 heteroatoms. The van der Waals surface area contributed by atoms with Gasteiger partial charge in [-0.05, 0) is 18.6 Å². The second kappa shape index (κ2) is 5.39. The summed E-state index contributed by atoms with van der Waals surface area (Å²) >= 11 is 3.42. The fourth-order valence-corrected chi connectivity index (χ4v) is 2.44. The number of nitrogens with zero attached hydrogens (tertiary/aromatic N) is 1. The van der Waals surface area contributed by atoms with Gasteiger partial charge in [0, 0.05) is 16.3 Å². The second-order valence-electron chi connectivity index (χ2n) is 3.65. The third kappa shape index (κ3) is 2.78. The van der Waals surface area contributed by atoms with Crippen molar-refractivity contribution in [3.05, 3.63) is 39.7 Å². The van der Waals surface area contributed by atoms with Gasteiger partial charge in [-0.25, -0.2) is 4.39 Å². The minimum atomic E-state index is -0.576. The lowest BCUT2D eigenvalue weighted by Crippen LogP contribution is -2.10. The van der Waals surface area contributed by atoms with Gasteiger partial charge in [-0.15, -0.1) is 0 Å². The summed E-state index contributed by atoms with van der Waals surface area (Å²) < 4.78 is 13.0. The van der Waals surface area contributed by atoms with E-state index in [1.165, 1.54) is 12.1 Å². The van der Waals surface area contributed by atoms with Crippen molar-refractivity contribution in [2.45, 2.75) is 31.0 Å². The Hall–Kier alpha value is -0.970. The van der Waals surface area contributed by atoms with Crippen LogP contribution in [0.4, 0.5) is 10.1 Å². The zero-order chi connectivity index (χ0) is 12.3. The highest BCUT2D eigenvalue weighted by Crippen LogP contribution is 2.34. The summed E-state index contributed by atoms with van der Waals surface area (Å²) in [4.78, 5) is 10.4. The molecule has 0 aliphatic rings. The Labute approximate surface area is 102 Å². The van der Waals surface area contributed by atoms with Crippen LogP contribution in [0.1, 0.15) is 31.7 Å². The van der Waals surface area contributed by atoms with E-state index in [4.69, 9.17) is 0 Å². The van der Waals surface area contributed by atoms with Gasteiger partial charge < -0.3 is 0 Å². The molecule has 0 heterocycles. The first-order chi connectivity index (χ1) is 7.47. The van der Waals surface area contributed by atoms with E-state index in [2.05, 4.69) is 15.9 Å². The Balaban J connectivity index is 3.26. The largest absolute Gasteiger partial charge is 0.275 e. The zero-order valence-electron chi connectivity index (χ0n) is 9.11. The van der Waals surface area contributed by atoms with Crippen LogP contribution in [0.3, 0.4) is 0 Å². The molecule has 0 aliphatic carbocycles. The number of hydrogen-bond donors (Lipinski definition) is 0. The van der Waals surface area contributed by atoms with Crippen molar-refractivity contribution in [1.82, 2.24) is 0 Å². The van der Waals surface area contributed by atoms with Crippen LogP contribution in [-0.4, -0.2) is 9.75 Å². The van der Waals surface area contributed by atoms with Gasteiger partial charge in [-0.3, -0.25) is 10.1 Å². The average Bonchev–Trinajstić information content (AvgIpc) is 2.20. The van der Waals surface area contributed by atoms with E-state index in [1.54, 1.807) is 0 Å². The minimum absolute atomic E-state index is 0.0148. The maximum absolute atomic E-state index is 13.0. The molecule has 0 saturated carbocycles. The summed E-state index contributed by atoms with van der Waals surface area (Å²) in [5.74, 6) is -0.562. The Morgan fingerprint density at radius 1 is 1.56 bits per heavy atom. The fraction of sp³-hybridized carbons (Fsp3) is 0.455. The molecule has 0 aliphatic heterocycles. The monoisotopic (exact) mass is 289 g/mol. The van der Waals surface area contributed by atoms with Gasteiger partial charge in [0.2, 0.25) is 0 Å². The van der Waals surface area contributed by atoms with E-state index in [9.17, 15) is 14.5 Å². The van der Waals surface area contributed by atoms with Crippen LogP contribution in [0.25, 0.3) is 0 Å². The smallest absolute Gasteiger partial charge is 0.258 e. The fourth-order valence-electron chi connectivity index (χ4n) is 1.78. The van der Waals surface area contributed by atoms with Gasteiger partial charge in [-0.1, -0.05) is 29.8 Å². The van der Waals surface area contributed by atoms with Crippen molar-refractivity contribution in [3.8, 4) is 0 Å². The maximum atomic E-state index is 13.0. The maximum Gasteiger partial charge on any atom is 0.275 e. The molecular weight excluding hydrogens is 277 g/mol. The summed E-state index contributed by atoms with van der Waals surface area (Å²) in [7, 11) is 0. The van der Waals surface area contributed by atoms with Gasteiger partial charge in [0.25, 0.3) is 5.69 Å². The van der Waals surface area contributed by atoms with Crippen LogP contribution in [0, 0.1) is 15.9 Å². The Morgan fingerprint density at radius 2 is 2.19 bits per heavy atom. The molecule has 0 spiro atoms. The first-order valence-electron chi connectivity index (χ1n) is 5.05. The molecule has 0 radical (unpaired) electrons. The molecular formula is C11H13BrFNO2. The summed E-state index contributed by atoms with van der Waals surface area (Å²) in [5, 5.41) is 10.8. The lowest BCUT2D eigenvalue weighted by Gasteiger charge is -2.17. The van der Waals surface area contributed by atoms with E-state index >= 15 is 0 Å². The highest BCUT2D eigenvalue weighted by Gasteiger charge is 2.24. The first-order valence-corrected chi connectivity index (χ1v) is 5.96. The quantitative estimate of drug-likeness (QED) is 0.477. The summed E-state index contributed by atoms with van der Waals surface area (Å²) in [5.41, 5.74) is 0.441. The summed E-state index contributed by atoms with van der Waals surface area (Å²) in [6.45, 7) is 3.89. The van der Waals surface area contributed by atoms with Gasteiger partial charge in [0.15, 0.2) is 0 Å². The van der Waals surface area contributed by atoms with Crippen molar-refractivity contribution in [2.75, 3.05) is 0 Å². The second-order valence-corrected chi connectivity index (χ2v) is 5.10. The normalized spacial score (nSPS) is 14.5. The molecule has 0 amide bonds. The van der Waals surface area contributed by atoms with Crippen LogP contribution in [0.15, 0.2) is 18.2 Å². The molecule has 1 rings (SSSR count). The number of nitro benzene ring substituents is 1. The third-order valence-corrected chi connectivity index (χ3v) is 3.22. The van der Waals surface area contributed by atoms with Gasteiger partial charge in [0.05, 0.1) is 11.0 Å². The molecule has 0 saturated heterocycles. The van der Waals surface area contributed by atoms with Gasteiger partial charge in [-0.2, -0.15) is 0 Å². The highest BCUT2D eigenvalue weighted by atomic mass is 79.9. The SMILES string of the molecule is CCC(c1ccc(F)cc1[N+](=O)[O-])C(C)Br. The molecule has 2 unspecified atom stereocenters. The summed E-state index contributed by atoms with van der Waals surface area (Å²) in [6, 6.07) is 3.74. The van der Waals surface area contributed by atoms with E-state index in [1.807, 2.05) is 13.8 Å². The van der Waals surface area contributed by atoms with Crippen molar-refractivity contribution in [2.24, 2.45) is 0 Å². The number of benzene rings is 1. The Kier molecular flexibility index (Phi) is 4.41. The molecule has 0 N–H and O–H groups in total. The number of rotatable bonds is 4. The number of nitro groups is 1. The average molecular weight is 290 g/mol. The number of halogens is 2. The van der Waals surface area contributed by atoms with E-state index in [-0.39, 0.29) is 16.4 Å². The zero-order valence-corrected chi connectivity index (χ0v) is 10.7. The van der Waals surface area contributed by atoms with Crippen LogP contribution in [0.5, 0.6) is 0 Å². The Bertz CT molecular complexity index is 396. The molecule has 16 heavy (non-hydrogen) atoms. The van der Waals surface area contributed by atoms with E-state index < -0.39 is 10.7 Å². The first kappa shape index (κ1) is 13.1. The lowest BCUT2D eigenvalue weighted by atomic mass is 9.92. The van der Waals surface area contributed by atoms with Crippen LogP contribution >= 0.6 is 15.9 Å². The molecule has 0 bridgehead atoms. The van der Waals surface area contributed by atoms with Gasteiger partial charge >= 0.3 is 0 Å².